The van der Waals surface area contributed by atoms with Gasteiger partial charge in [-0.25, -0.2) is 4.79 Å². The third kappa shape index (κ3) is 6.33. The van der Waals surface area contributed by atoms with E-state index in [1.54, 1.807) is 18.2 Å². The molecule has 0 atom stereocenters. The first-order chi connectivity index (χ1) is 15.5. The molecule has 0 bridgehead atoms. The maximum Gasteiger partial charge on any atom is 0.417 e. The van der Waals surface area contributed by atoms with Crippen molar-refractivity contribution < 1.29 is 27.6 Å². The molecule has 0 aromatic heterocycles. The highest BCUT2D eigenvalue weighted by atomic mass is 35.5. The Balaban J connectivity index is 1.62. The quantitative estimate of drug-likeness (QED) is 0.370. The molecule has 0 aliphatic heterocycles. The van der Waals surface area contributed by atoms with Crippen molar-refractivity contribution in [1.82, 2.24) is 0 Å². The highest BCUT2D eigenvalue weighted by Crippen LogP contribution is 2.36. The van der Waals surface area contributed by atoms with E-state index in [0.29, 0.717) is 22.5 Å². The number of ketones is 1. The minimum absolute atomic E-state index is 0.0825. The van der Waals surface area contributed by atoms with Crippen LogP contribution in [0.15, 0.2) is 66.7 Å². The van der Waals surface area contributed by atoms with Crippen LogP contribution in [0.4, 0.5) is 35.0 Å². The van der Waals surface area contributed by atoms with Crippen molar-refractivity contribution in [3.63, 3.8) is 0 Å². The number of Topliss-reactive ketones (excluding diaryl/α,β-unsaturated/α-hetero) is 1. The molecule has 3 amide bonds. The summed E-state index contributed by atoms with van der Waals surface area (Å²) < 4.78 is 38.8. The van der Waals surface area contributed by atoms with Crippen LogP contribution in [0.3, 0.4) is 0 Å². The SMILES string of the molecule is CC(=O)c1cccc(C(=O)Nc2ccc(NC(=O)Nc3ccc(Cl)c(C(F)(F)F)c3)cc2)c1. The van der Waals surface area contributed by atoms with Crippen molar-refractivity contribution in [1.29, 1.82) is 0 Å². The zero-order valence-electron chi connectivity index (χ0n) is 17.1. The highest BCUT2D eigenvalue weighted by Gasteiger charge is 2.33. The molecule has 3 rings (SSSR count). The van der Waals surface area contributed by atoms with Crippen LogP contribution < -0.4 is 16.0 Å². The number of hydrogen-bond acceptors (Lipinski definition) is 3. The van der Waals surface area contributed by atoms with E-state index in [-0.39, 0.29) is 11.5 Å². The molecule has 0 radical (unpaired) electrons. The Kier molecular flexibility index (Phi) is 7.03. The van der Waals surface area contributed by atoms with Gasteiger partial charge in [-0.2, -0.15) is 13.2 Å². The van der Waals surface area contributed by atoms with Gasteiger partial charge in [0, 0.05) is 28.2 Å². The lowest BCUT2D eigenvalue weighted by molar-refractivity contribution is -0.137. The molecule has 0 unspecified atom stereocenters. The Morgan fingerprint density at radius 1 is 0.758 bits per heavy atom. The summed E-state index contributed by atoms with van der Waals surface area (Å²) in [4.78, 5) is 36.0. The molecule has 33 heavy (non-hydrogen) atoms. The number of anilines is 3. The second-order valence-electron chi connectivity index (χ2n) is 6.94. The van der Waals surface area contributed by atoms with Crippen LogP contribution >= 0.6 is 11.6 Å². The molecule has 0 aliphatic carbocycles. The van der Waals surface area contributed by atoms with Crippen molar-refractivity contribution in [2.45, 2.75) is 13.1 Å². The van der Waals surface area contributed by atoms with Gasteiger partial charge in [0.25, 0.3) is 5.91 Å². The Bertz CT molecular complexity index is 1210. The van der Waals surface area contributed by atoms with Crippen LogP contribution in [0, 0.1) is 0 Å². The zero-order valence-corrected chi connectivity index (χ0v) is 17.8. The number of hydrogen-bond donors (Lipinski definition) is 3. The molecule has 3 N–H and O–H groups in total. The number of halogens is 4. The number of alkyl halides is 3. The van der Waals surface area contributed by atoms with Gasteiger partial charge in [0.05, 0.1) is 10.6 Å². The van der Waals surface area contributed by atoms with Crippen molar-refractivity contribution in [3.05, 3.63) is 88.4 Å². The van der Waals surface area contributed by atoms with E-state index < -0.39 is 28.7 Å². The largest absolute Gasteiger partial charge is 0.417 e. The van der Waals surface area contributed by atoms with E-state index in [0.717, 1.165) is 12.1 Å². The van der Waals surface area contributed by atoms with Crippen LogP contribution in [0.1, 0.15) is 33.2 Å². The van der Waals surface area contributed by atoms with Gasteiger partial charge in [0.2, 0.25) is 0 Å². The summed E-state index contributed by atoms with van der Waals surface area (Å²) in [5.74, 6) is -0.577. The molecule has 10 heteroatoms. The first-order valence-electron chi connectivity index (χ1n) is 9.50. The zero-order chi connectivity index (χ0) is 24.2. The van der Waals surface area contributed by atoms with E-state index in [1.165, 1.54) is 43.3 Å². The van der Waals surface area contributed by atoms with Crippen molar-refractivity contribution in [2.24, 2.45) is 0 Å². The molecule has 0 fully saturated rings. The molecule has 3 aromatic rings. The van der Waals surface area contributed by atoms with Crippen LogP contribution in [0.2, 0.25) is 5.02 Å². The summed E-state index contributed by atoms with van der Waals surface area (Å²) in [5.41, 5.74) is 0.360. The van der Waals surface area contributed by atoms with Crippen LogP contribution in [0.5, 0.6) is 0 Å². The first kappa shape index (κ1) is 23.8. The molecule has 6 nitrogen and oxygen atoms in total. The fourth-order valence-electron chi connectivity index (χ4n) is 2.83. The molecule has 170 valence electrons. The maximum atomic E-state index is 12.9. The molecule has 0 heterocycles. The topological polar surface area (TPSA) is 87.3 Å². The lowest BCUT2D eigenvalue weighted by Gasteiger charge is -2.12. The predicted molar refractivity (Wildman–Crippen MR) is 120 cm³/mol. The second kappa shape index (κ2) is 9.74. The van der Waals surface area contributed by atoms with Crippen LogP contribution in [-0.4, -0.2) is 17.7 Å². The van der Waals surface area contributed by atoms with Gasteiger partial charge in [-0.3, -0.25) is 9.59 Å². The first-order valence-corrected chi connectivity index (χ1v) is 9.88. The molecular formula is C23H17ClF3N3O3. The molecule has 0 aliphatic rings. The van der Waals surface area contributed by atoms with E-state index in [2.05, 4.69) is 16.0 Å². The van der Waals surface area contributed by atoms with Gasteiger partial charge in [0.15, 0.2) is 5.78 Å². The third-order valence-corrected chi connectivity index (χ3v) is 4.79. The number of carbonyl (C=O) groups is 3. The Morgan fingerprint density at radius 3 is 1.91 bits per heavy atom. The van der Waals surface area contributed by atoms with E-state index >= 15 is 0 Å². The monoisotopic (exact) mass is 475 g/mol. The summed E-state index contributed by atoms with van der Waals surface area (Å²) in [6.07, 6.45) is -4.65. The molecule has 0 saturated carbocycles. The van der Waals surface area contributed by atoms with Gasteiger partial charge in [0.1, 0.15) is 0 Å². The normalized spacial score (nSPS) is 10.9. The van der Waals surface area contributed by atoms with Gasteiger partial charge < -0.3 is 16.0 Å². The standard InChI is InChI=1S/C23H17ClF3N3O3/c1-13(31)14-3-2-4-15(11-14)21(32)28-16-5-7-17(8-6-16)29-22(33)30-18-9-10-20(24)19(12-18)23(25,26)27/h2-12H,1H3,(H,28,32)(H2,29,30,33). The smallest absolute Gasteiger partial charge is 0.322 e. The van der Waals surface area contributed by atoms with Crippen LogP contribution in [-0.2, 0) is 6.18 Å². The lowest BCUT2D eigenvalue weighted by atomic mass is 10.1. The minimum atomic E-state index is -4.65. The lowest BCUT2D eigenvalue weighted by Crippen LogP contribution is -2.20. The number of urea groups is 1. The molecule has 0 saturated heterocycles. The van der Waals surface area contributed by atoms with Crippen molar-refractivity contribution >= 4 is 46.4 Å². The average Bonchev–Trinajstić information content (AvgIpc) is 2.75. The molecule has 3 aromatic carbocycles. The Morgan fingerprint density at radius 2 is 1.30 bits per heavy atom. The Labute approximate surface area is 191 Å². The van der Waals surface area contributed by atoms with Gasteiger partial charge in [-0.15, -0.1) is 0 Å². The van der Waals surface area contributed by atoms with E-state index in [1.807, 2.05) is 0 Å². The summed E-state index contributed by atoms with van der Waals surface area (Å²) in [7, 11) is 0. The number of benzene rings is 3. The van der Waals surface area contributed by atoms with E-state index in [4.69, 9.17) is 11.6 Å². The summed E-state index contributed by atoms with van der Waals surface area (Å²) in [6, 6.07) is 14.6. The van der Waals surface area contributed by atoms with Crippen LogP contribution in [0.25, 0.3) is 0 Å². The molecular weight excluding hydrogens is 459 g/mol. The number of rotatable bonds is 5. The van der Waals surface area contributed by atoms with Gasteiger partial charge >= 0.3 is 12.2 Å². The van der Waals surface area contributed by atoms with Crippen molar-refractivity contribution in [3.8, 4) is 0 Å². The Hall–Kier alpha value is -3.85. The maximum absolute atomic E-state index is 12.9. The average molecular weight is 476 g/mol. The predicted octanol–water partition coefficient (Wildman–Crippen LogP) is 6.46. The van der Waals surface area contributed by atoms with Gasteiger partial charge in [-0.05, 0) is 61.5 Å². The minimum Gasteiger partial charge on any atom is -0.322 e. The van der Waals surface area contributed by atoms with Crippen molar-refractivity contribution in [2.75, 3.05) is 16.0 Å². The summed E-state index contributed by atoms with van der Waals surface area (Å²) >= 11 is 5.57. The molecule has 0 spiro atoms. The number of carbonyl (C=O) groups excluding carboxylic acids is 3. The van der Waals surface area contributed by atoms with E-state index in [9.17, 15) is 27.6 Å². The summed E-state index contributed by atoms with van der Waals surface area (Å²) in [5, 5.41) is 6.99. The van der Waals surface area contributed by atoms with Gasteiger partial charge in [-0.1, -0.05) is 23.7 Å². The number of amides is 3. The fourth-order valence-corrected chi connectivity index (χ4v) is 3.06. The fraction of sp³-hybridized carbons (Fsp3) is 0.0870. The summed E-state index contributed by atoms with van der Waals surface area (Å²) in [6.45, 7) is 1.40. The number of nitrogens with one attached hydrogen (secondary N) is 3. The third-order valence-electron chi connectivity index (χ3n) is 4.46. The second-order valence-corrected chi connectivity index (χ2v) is 7.35. The highest BCUT2D eigenvalue weighted by molar-refractivity contribution is 6.31.